The van der Waals surface area contributed by atoms with E-state index in [9.17, 15) is 30.0 Å². The van der Waals surface area contributed by atoms with Gasteiger partial charge in [-0.05, 0) is 64.0 Å². The van der Waals surface area contributed by atoms with E-state index in [2.05, 4.69) is 13.8 Å². The van der Waals surface area contributed by atoms with Gasteiger partial charge in [-0.1, -0.05) is 86.3 Å². The Morgan fingerprint density at radius 1 is 0.587 bits per heavy atom. The van der Waals surface area contributed by atoms with Crippen molar-refractivity contribution in [3.63, 3.8) is 0 Å². The third kappa shape index (κ3) is 33.5. The first kappa shape index (κ1) is 56.4. The molecule has 0 atom stereocenters. The maximum absolute atomic E-state index is 10.3. The molecule has 14 heteroatoms. The number of benzene rings is 2. The Kier molecular flexibility index (Phi) is 48.2. The summed E-state index contributed by atoms with van der Waals surface area (Å²) in [5.41, 5.74) is 2.55. The Morgan fingerprint density at radius 3 is 1.07 bits per heavy atom. The first-order valence-corrected chi connectivity index (χ1v) is 14.5. The van der Waals surface area contributed by atoms with E-state index < -0.39 is 11.9 Å². The van der Waals surface area contributed by atoms with Crippen LogP contribution < -0.4 is 20.4 Å². The molecule has 274 valence electrons. The molecule has 0 bridgehead atoms. The Hall–Kier alpha value is -1.90. The van der Waals surface area contributed by atoms with Crippen LogP contribution in [0.1, 0.15) is 71.4 Å². The molecule has 2 aromatic carbocycles. The summed E-state index contributed by atoms with van der Waals surface area (Å²) in [7, 11) is 0. The smallest absolute Gasteiger partial charge is 0.854 e. The zero-order valence-electron chi connectivity index (χ0n) is 27.4. The number of aromatic carboxylic acids is 2. The van der Waals surface area contributed by atoms with Crippen molar-refractivity contribution < 1.29 is 85.3 Å². The van der Waals surface area contributed by atoms with Crippen LogP contribution in [0.2, 0.25) is 0 Å². The van der Waals surface area contributed by atoms with Crippen molar-refractivity contribution in [1.29, 1.82) is 0 Å². The van der Waals surface area contributed by atoms with E-state index in [-0.39, 0.29) is 82.6 Å². The number of aliphatic hydroxyl groups excluding tert-OH is 2. The summed E-state index contributed by atoms with van der Waals surface area (Å²) in [6.45, 7) is 12.5. The van der Waals surface area contributed by atoms with Gasteiger partial charge in [-0.25, -0.2) is 0 Å². The van der Waals surface area contributed by atoms with Crippen LogP contribution in [0.4, 0.5) is 0 Å². The maximum Gasteiger partial charge on any atom is 2.00 e. The molecule has 0 aliphatic rings. The molecule has 12 nitrogen and oxygen atoms in total. The predicted molar refractivity (Wildman–Crippen MR) is 165 cm³/mol. The second-order valence-corrected chi connectivity index (χ2v) is 9.55. The van der Waals surface area contributed by atoms with E-state index in [1.54, 1.807) is 24.3 Å². The summed E-state index contributed by atoms with van der Waals surface area (Å²) in [5, 5.41) is 58.1. The largest absolute Gasteiger partial charge is 2.00 e. The minimum atomic E-state index is -1.12. The van der Waals surface area contributed by atoms with E-state index >= 15 is 0 Å². The van der Waals surface area contributed by atoms with E-state index in [1.165, 1.54) is 24.3 Å². The van der Waals surface area contributed by atoms with Gasteiger partial charge in [0, 0.05) is 13.1 Å². The summed E-state index contributed by atoms with van der Waals surface area (Å²) < 4.78 is 0. The van der Waals surface area contributed by atoms with Gasteiger partial charge in [0.25, 0.3) is 0 Å². The fraction of sp³-hybridized carbons (Fsp3) is 0.562. The molecule has 0 aliphatic heterocycles. The topological polar surface area (TPSA) is 236 Å². The summed E-state index contributed by atoms with van der Waals surface area (Å²) in [6, 6.07) is 13.1. The summed E-state index contributed by atoms with van der Waals surface area (Å²) in [6.07, 6.45) is 4.50. The van der Waals surface area contributed by atoms with Crippen LogP contribution in [0.5, 0.6) is 0 Å². The molecule has 2 rings (SSSR count). The number of aryl methyl sites for hydroxylation is 2. The third-order valence-electron chi connectivity index (χ3n) is 5.88. The van der Waals surface area contributed by atoms with Crippen molar-refractivity contribution in [1.82, 2.24) is 9.80 Å². The molecule has 46 heavy (non-hydrogen) atoms. The van der Waals surface area contributed by atoms with Crippen molar-refractivity contribution in [3.05, 3.63) is 70.8 Å². The van der Waals surface area contributed by atoms with E-state index in [4.69, 9.17) is 10.2 Å². The standard InChI is InChI=1S/2C8H18NO2.2C8H8O2.2Cu.2H2O/c2*1-2-3-4-9(5-7-10)6-8-11;2*1-6-2-4-7(5-3-6)8(9)10;;;;/h2*10H,2-8H2,1H3;2*2-5H,1H3,(H,9,10);;;2*1H2/q2*-1;;;2*+2;;/p-2. The van der Waals surface area contributed by atoms with Crippen LogP contribution in [-0.2, 0) is 34.1 Å². The third-order valence-corrected chi connectivity index (χ3v) is 5.88. The van der Waals surface area contributed by atoms with Gasteiger partial charge in [0.05, 0.1) is 25.2 Å². The fourth-order valence-electron chi connectivity index (χ4n) is 3.35. The van der Waals surface area contributed by atoms with Crippen LogP contribution >= 0.6 is 0 Å². The molecule has 0 aliphatic carbocycles. The minimum Gasteiger partial charge on any atom is -0.854 e. The molecule has 0 saturated carbocycles. The maximum atomic E-state index is 10.3. The van der Waals surface area contributed by atoms with Gasteiger partial charge >= 0.3 is 34.1 Å². The number of hydrogen-bond donors (Lipinski definition) is 2. The number of carboxylic acids is 2. The Bertz CT molecular complexity index is 837. The van der Waals surface area contributed by atoms with Gasteiger partial charge in [-0.3, -0.25) is 0 Å². The monoisotopic (exact) mass is 752 g/mol. The van der Waals surface area contributed by atoms with E-state index in [0.29, 0.717) is 26.2 Å². The average molecular weight is 754 g/mol. The molecule has 0 aromatic heterocycles. The first-order chi connectivity index (χ1) is 20.1. The van der Waals surface area contributed by atoms with Gasteiger partial charge in [0.15, 0.2) is 0 Å². The molecule has 0 spiro atoms. The molecule has 6 N–H and O–H groups in total. The predicted octanol–water partition coefficient (Wildman–Crippen LogP) is -2.06. The number of nitrogens with zero attached hydrogens (tertiary/aromatic N) is 2. The van der Waals surface area contributed by atoms with Gasteiger partial charge in [0.2, 0.25) is 0 Å². The van der Waals surface area contributed by atoms with Crippen molar-refractivity contribution in [2.75, 3.05) is 65.7 Å². The Balaban J connectivity index is -0.000000113. The van der Waals surface area contributed by atoms with Crippen molar-refractivity contribution >= 4 is 11.9 Å². The zero-order chi connectivity index (χ0) is 32.2. The molecule has 2 aromatic rings. The molecule has 0 amide bonds. The summed E-state index contributed by atoms with van der Waals surface area (Å²) in [5.74, 6) is -2.25. The molecule has 0 heterocycles. The Morgan fingerprint density at radius 2 is 0.870 bits per heavy atom. The van der Waals surface area contributed by atoms with Crippen LogP contribution in [0.25, 0.3) is 0 Å². The van der Waals surface area contributed by atoms with Gasteiger partial charge in [-0.2, -0.15) is 0 Å². The molecular weight excluding hydrogens is 699 g/mol. The minimum absolute atomic E-state index is 0. The van der Waals surface area contributed by atoms with Crippen LogP contribution in [0, 0.1) is 13.8 Å². The number of hydrogen-bond acceptors (Lipinski definition) is 10. The van der Waals surface area contributed by atoms with Crippen molar-refractivity contribution in [2.24, 2.45) is 0 Å². The molecule has 0 unspecified atom stereocenters. The van der Waals surface area contributed by atoms with Crippen LogP contribution in [0.3, 0.4) is 0 Å². The summed E-state index contributed by atoms with van der Waals surface area (Å²) >= 11 is 0. The van der Waals surface area contributed by atoms with Gasteiger partial charge < -0.3 is 61.0 Å². The number of carbonyl (C=O) groups excluding carboxylic acids is 2. The van der Waals surface area contributed by atoms with E-state index in [1.807, 2.05) is 23.6 Å². The average Bonchev–Trinajstić information content (AvgIpc) is 2.96. The number of rotatable bonds is 16. The van der Waals surface area contributed by atoms with Crippen LogP contribution in [-0.4, -0.2) is 109 Å². The number of carboxylic acid groups (broad SMARTS) is 2. The quantitative estimate of drug-likeness (QED) is 0.178. The number of aliphatic hydroxyl groups is 2. The van der Waals surface area contributed by atoms with Crippen molar-refractivity contribution in [3.8, 4) is 0 Å². The first-order valence-electron chi connectivity index (χ1n) is 14.5. The molecule has 0 saturated heterocycles. The SMILES string of the molecule is CCCCN(CC[O-])CCO.CCCCN(CC[O-])CCO.Cc1ccc(C(=O)[O-])cc1.Cc1ccc(C(=O)[O-])cc1.O.O.[Cu+2].[Cu+2]. The van der Waals surface area contributed by atoms with Crippen molar-refractivity contribution in [2.45, 2.75) is 53.4 Å². The zero-order valence-corrected chi connectivity index (χ0v) is 29.2. The normalized spacial score (nSPS) is 9.26. The van der Waals surface area contributed by atoms with E-state index in [0.717, 1.165) is 49.9 Å². The Labute approximate surface area is 296 Å². The summed E-state index contributed by atoms with van der Waals surface area (Å²) in [4.78, 5) is 24.4. The second kappa shape index (κ2) is 39.3. The molecular formula is C32H54Cu2N2O10. The van der Waals surface area contributed by atoms with Gasteiger partial charge in [0.1, 0.15) is 0 Å². The van der Waals surface area contributed by atoms with Crippen LogP contribution in [0.15, 0.2) is 48.5 Å². The number of carbonyl (C=O) groups is 2. The molecule has 0 fully saturated rings. The second-order valence-electron chi connectivity index (χ2n) is 9.55. The fourth-order valence-corrected chi connectivity index (χ4v) is 3.35. The molecule has 2 radical (unpaired) electrons. The van der Waals surface area contributed by atoms with Gasteiger partial charge in [-0.15, -0.1) is 13.2 Å². The number of unbranched alkanes of at least 4 members (excludes halogenated alkanes) is 2.